The molecule has 0 aliphatic carbocycles. The van der Waals surface area contributed by atoms with Gasteiger partial charge in [-0.1, -0.05) is 19.9 Å². The fourth-order valence-corrected chi connectivity index (χ4v) is 1.53. The van der Waals surface area contributed by atoms with Gasteiger partial charge in [0.15, 0.2) is 0 Å². The second-order valence-corrected chi connectivity index (χ2v) is 3.75. The fourth-order valence-electron chi connectivity index (χ4n) is 1.53. The highest BCUT2D eigenvalue weighted by Gasteiger charge is 2.05. The molecule has 0 aliphatic rings. The van der Waals surface area contributed by atoms with Gasteiger partial charge in [0.2, 0.25) is 0 Å². The van der Waals surface area contributed by atoms with E-state index in [0.29, 0.717) is 6.04 Å². The lowest BCUT2D eigenvalue weighted by atomic mass is 10.1. The smallest absolute Gasteiger partial charge is 0.0576 e. The Morgan fingerprint density at radius 2 is 1.93 bits per heavy atom. The lowest BCUT2D eigenvalue weighted by molar-refractivity contribution is 0.672. The molecule has 0 radical (unpaired) electrons. The van der Waals surface area contributed by atoms with Crippen LogP contribution in [-0.4, -0.2) is 6.04 Å². The van der Waals surface area contributed by atoms with E-state index in [9.17, 15) is 0 Å². The van der Waals surface area contributed by atoms with E-state index in [-0.39, 0.29) is 0 Å². The van der Waals surface area contributed by atoms with Crippen molar-refractivity contribution < 1.29 is 0 Å². The van der Waals surface area contributed by atoms with E-state index in [2.05, 4.69) is 38.2 Å². The molecular weight excluding hydrogens is 172 g/mol. The Morgan fingerprint density at radius 3 is 2.43 bits per heavy atom. The summed E-state index contributed by atoms with van der Waals surface area (Å²) in [5, 5.41) is 3.45. The van der Waals surface area contributed by atoms with Gasteiger partial charge in [-0.2, -0.15) is 0 Å². The third-order valence-electron chi connectivity index (χ3n) is 2.55. The normalized spacial score (nSPS) is 10.6. The molecule has 3 N–H and O–H groups in total. The van der Waals surface area contributed by atoms with Crippen molar-refractivity contribution in [2.24, 2.45) is 0 Å². The average molecular weight is 192 g/mol. The molecular formula is C12H20N2. The first-order chi connectivity index (χ1) is 6.67. The van der Waals surface area contributed by atoms with Crippen LogP contribution in [0.3, 0.4) is 0 Å². The van der Waals surface area contributed by atoms with E-state index in [0.717, 1.165) is 24.2 Å². The Hall–Kier alpha value is -1.18. The highest BCUT2D eigenvalue weighted by atomic mass is 14.9. The molecule has 0 aliphatic heterocycles. The molecule has 1 rings (SSSR count). The van der Waals surface area contributed by atoms with Crippen molar-refractivity contribution in [2.75, 3.05) is 11.1 Å². The minimum absolute atomic E-state index is 0.528. The van der Waals surface area contributed by atoms with Crippen LogP contribution in [0.15, 0.2) is 18.2 Å². The Bertz CT molecular complexity index is 290. The molecule has 0 aromatic heterocycles. The molecule has 2 nitrogen and oxygen atoms in total. The molecule has 0 heterocycles. The Kier molecular flexibility index (Phi) is 3.81. The third kappa shape index (κ3) is 2.66. The monoisotopic (exact) mass is 192 g/mol. The standard InChI is InChI=1S/C12H20N2/c1-4-10(5-2)14-12-7-6-9(3)8-11(12)13/h6-8,10,14H,4-5,13H2,1-3H3. The number of hydrogen-bond acceptors (Lipinski definition) is 2. The number of nitrogens with two attached hydrogens (primary N) is 1. The van der Waals surface area contributed by atoms with Gasteiger partial charge in [0, 0.05) is 6.04 Å². The first-order valence-corrected chi connectivity index (χ1v) is 5.30. The van der Waals surface area contributed by atoms with Crippen LogP contribution >= 0.6 is 0 Å². The molecule has 0 atom stereocenters. The lowest BCUT2D eigenvalue weighted by Crippen LogP contribution is -2.17. The zero-order valence-corrected chi connectivity index (χ0v) is 9.30. The maximum absolute atomic E-state index is 5.92. The van der Waals surface area contributed by atoms with Gasteiger partial charge in [-0.05, 0) is 37.5 Å². The summed E-state index contributed by atoms with van der Waals surface area (Å²) in [4.78, 5) is 0. The Labute approximate surface area is 86.5 Å². The summed E-state index contributed by atoms with van der Waals surface area (Å²) in [7, 11) is 0. The fraction of sp³-hybridized carbons (Fsp3) is 0.500. The maximum atomic E-state index is 5.92. The van der Waals surface area contributed by atoms with E-state index in [1.165, 1.54) is 5.56 Å². The van der Waals surface area contributed by atoms with E-state index >= 15 is 0 Å². The second kappa shape index (κ2) is 4.89. The van der Waals surface area contributed by atoms with Crippen LogP contribution in [0.1, 0.15) is 32.3 Å². The molecule has 78 valence electrons. The zero-order chi connectivity index (χ0) is 10.6. The van der Waals surface area contributed by atoms with Crippen LogP contribution in [0, 0.1) is 6.92 Å². The van der Waals surface area contributed by atoms with Crippen molar-refractivity contribution in [1.82, 2.24) is 0 Å². The molecule has 0 saturated carbocycles. The highest BCUT2D eigenvalue weighted by molar-refractivity contribution is 5.67. The van der Waals surface area contributed by atoms with Crippen LogP contribution in [-0.2, 0) is 0 Å². The topological polar surface area (TPSA) is 38.0 Å². The largest absolute Gasteiger partial charge is 0.397 e. The summed E-state index contributed by atoms with van der Waals surface area (Å²) in [6.07, 6.45) is 2.26. The van der Waals surface area contributed by atoms with Gasteiger partial charge in [-0.25, -0.2) is 0 Å². The van der Waals surface area contributed by atoms with Crippen LogP contribution in [0.5, 0.6) is 0 Å². The average Bonchev–Trinajstić information content (AvgIpc) is 2.17. The maximum Gasteiger partial charge on any atom is 0.0576 e. The first-order valence-electron chi connectivity index (χ1n) is 5.30. The van der Waals surface area contributed by atoms with Crippen molar-refractivity contribution in [2.45, 2.75) is 39.7 Å². The third-order valence-corrected chi connectivity index (χ3v) is 2.55. The Balaban J connectivity index is 2.76. The second-order valence-electron chi connectivity index (χ2n) is 3.75. The highest BCUT2D eigenvalue weighted by Crippen LogP contribution is 2.21. The minimum atomic E-state index is 0.528. The molecule has 0 bridgehead atoms. The number of benzene rings is 1. The summed E-state index contributed by atoms with van der Waals surface area (Å²) in [6, 6.07) is 6.68. The molecule has 0 saturated heterocycles. The SMILES string of the molecule is CCC(CC)Nc1ccc(C)cc1N. The number of anilines is 2. The van der Waals surface area contributed by atoms with Crippen LogP contribution in [0.4, 0.5) is 11.4 Å². The van der Waals surface area contributed by atoms with Crippen LogP contribution < -0.4 is 11.1 Å². The molecule has 0 spiro atoms. The first kappa shape index (κ1) is 10.9. The summed E-state index contributed by atoms with van der Waals surface area (Å²) in [5.74, 6) is 0. The van der Waals surface area contributed by atoms with E-state index < -0.39 is 0 Å². The summed E-state index contributed by atoms with van der Waals surface area (Å²) >= 11 is 0. The van der Waals surface area contributed by atoms with Gasteiger partial charge in [-0.15, -0.1) is 0 Å². The summed E-state index contributed by atoms with van der Waals surface area (Å²) in [5.41, 5.74) is 9.03. The van der Waals surface area contributed by atoms with E-state index in [4.69, 9.17) is 5.73 Å². The summed E-state index contributed by atoms with van der Waals surface area (Å²) in [6.45, 7) is 6.42. The van der Waals surface area contributed by atoms with Crippen molar-refractivity contribution in [3.8, 4) is 0 Å². The molecule has 1 aromatic rings. The molecule has 14 heavy (non-hydrogen) atoms. The zero-order valence-electron chi connectivity index (χ0n) is 9.30. The minimum Gasteiger partial charge on any atom is -0.397 e. The van der Waals surface area contributed by atoms with Crippen molar-refractivity contribution >= 4 is 11.4 Å². The number of nitrogen functional groups attached to an aromatic ring is 1. The van der Waals surface area contributed by atoms with Gasteiger partial charge < -0.3 is 11.1 Å². The predicted molar refractivity (Wildman–Crippen MR) is 63.6 cm³/mol. The van der Waals surface area contributed by atoms with E-state index in [1.54, 1.807) is 0 Å². The van der Waals surface area contributed by atoms with E-state index in [1.807, 2.05) is 6.07 Å². The van der Waals surface area contributed by atoms with Gasteiger partial charge in [0.05, 0.1) is 11.4 Å². The molecule has 1 aromatic carbocycles. The van der Waals surface area contributed by atoms with Crippen molar-refractivity contribution in [3.63, 3.8) is 0 Å². The van der Waals surface area contributed by atoms with Gasteiger partial charge >= 0.3 is 0 Å². The Morgan fingerprint density at radius 1 is 1.29 bits per heavy atom. The number of aryl methyl sites for hydroxylation is 1. The van der Waals surface area contributed by atoms with Gasteiger partial charge in [0.1, 0.15) is 0 Å². The van der Waals surface area contributed by atoms with Gasteiger partial charge in [0.25, 0.3) is 0 Å². The lowest BCUT2D eigenvalue weighted by Gasteiger charge is -2.17. The summed E-state index contributed by atoms with van der Waals surface area (Å²) < 4.78 is 0. The molecule has 0 amide bonds. The number of nitrogens with one attached hydrogen (secondary N) is 1. The van der Waals surface area contributed by atoms with Crippen LogP contribution in [0.2, 0.25) is 0 Å². The van der Waals surface area contributed by atoms with Gasteiger partial charge in [-0.3, -0.25) is 0 Å². The quantitative estimate of drug-likeness (QED) is 0.719. The molecule has 0 unspecified atom stereocenters. The van der Waals surface area contributed by atoms with Crippen molar-refractivity contribution in [3.05, 3.63) is 23.8 Å². The van der Waals surface area contributed by atoms with Crippen molar-refractivity contribution in [1.29, 1.82) is 0 Å². The predicted octanol–water partition coefficient (Wildman–Crippen LogP) is 3.18. The molecule has 0 fully saturated rings. The van der Waals surface area contributed by atoms with Crippen LogP contribution in [0.25, 0.3) is 0 Å². The number of rotatable bonds is 4. The molecule has 2 heteroatoms. The number of hydrogen-bond donors (Lipinski definition) is 2.